The molecule has 2 aromatic rings. The number of allylic oxidation sites excluding steroid dienone is 1. The molecule has 1 aromatic heterocycles. The maximum absolute atomic E-state index is 9.07. The molecule has 0 radical (unpaired) electrons. The van der Waals surface area contributed by atoms with E-state index in [1.54, 1.807) is 36.6 Å². The van der Waals surface area contributed by atoms with Crippen LogP contribution in [0.5, 0.6) is 0 Å². The van der Waals surface area contributed by atoms with Crippen molar-refractivity contribution in [3.8, 4) is 6.07 Å². The predicted molar refractivity (Wildman–Crippen MR) is 63.6 cm³/mol. The molecule has 0 aliphatic rings. The van der Waals surface area contributed by atoms with Crippen molar-refractivity contribution >= 4 is 23.3 Å². The normalized spacial score (nSPS) is 11.1. The fraction of sp³-hybridized carbons (Fsp3) is 0. The van der Waals surface area contributed by atoms with E-state index in [4.69, 9.17) is 21.3 Å². The average molecular weight is 230 g/mol. The molecule has 0 aliphatic carbocycles. The van der Waals surface area contributed by atoms with Gasteiger partial charge in [0.1, 0.15) is 5.76 Å². The highest BCUT2D eigenvalue weighted by atomic mass is 35.5. The lowest BCUT2D eigenvalue weighted by atomic mass is 10.1. The topological polar surface area (TPSA) is 36.9 Å². The lowest BCUT2D eigenvalue weighted by Gasteiger charge is -1.98. The van der Waals surface area contributed by atoms with Gasteiger partial charge in [0, 0.05) is 5.02 Å². The first-order valence-electron chi connectivity index (χ1n) is 4.71. The van der Waals surface area contributed by atoms with Crippen molar-refractivity contribution in [2.24, 2.45) is 0 Å². The Morgan fingerprint density at radius 3 is 2.81 bits per heavy atom. The number of rotatable bonds is 2. The number of benzene rings is 1. The molecule has 0 fully saturated rings. The van der Waals surface area contributed by atoms with Crippen LogP contribution in [0.3, 0.4) is 0 Å². The van der Waals surface area contributed by atoms with Gasteiger partial charge in [-0.2, -0.15) is 5.26 Å². The van der Waals surface area contributed by atoms with E-state index in [1.807, 2.05) is 12.1 Å². The molecular formula is C13H8ClNO. The van der Waals surface area contributed by atoms with Crippen LogP contribution in [0.4, 0.5) is 0 Å². The molecule has 0 atom stereocenters. The van der Waals surface area contributed by atoms with Crippen molar-refractivity contribution in [2.45, 2.75) is 0 Å². The van der Waals surface area contributed by atoms with E-state index in [2.05, 4.69) is 6.07 Å². The van der Waals surface area contributed by atoms with E-state index in [1.165, 1.54) is 0 Å². The van der Waals surface area contributed by atoms with Gasteiger partial charge in [0.25, 0.3) is 0 Å². The van der Waals surface area contributed by atoms with Gasteiger partial charge in [-0.15, -0.1) is 0 Å². The van der Waals surface area contributed by atoms with Gasteiger partial charge in [0.15, 0.2) is 0 Å². The van der Waals surface area contributed by atoms with Crippen LogP contribution in [0.2, 0.25) is 5.02 Å². The zero-order valence-electron chi connectivity index (χ0n) is 8.35. The van der Waals surface area contributed by atoms with E-state index < -0.39 is 0 Å². The second-order valence-corrected chi connectivity index (χ2v) is 3.63. The number of halogens is 1. The lowest BCUT2D eigenvalue weighted by molar-refractivity contribution is 0.557. The van der Waals surface area contributed by atoms with E-state index in [0.717, 1.165) is 5.56 Å². The van der Waals surface area contributed by atoms with Crippen LogP contribution in [-0.2, 0) is 0 Å². The van der Waals surface area contributed by atoms with Gasteiger partial charge in [0.05, 0.1) is 17.9 Å². The van der Waals surface area contributed by atoms with E-state index in [-0.39, 0.29) is 0 Å². The van der Waals surface area contributed by atoms with Crippen molar-refractivity contribution < 1.29 is 4.42 Å². The molecule has 3 heteroatoms. The lowest BCUT2D eigenvalue weighted by Crippen LogP contribution is -1.80. The second kappa shape index (κ2) is 4.69. The highest BCUT2D eigenvalue weighted by Crippen LogP contribution is 2.20. The van der Waals surface area contributed by atoms with Crippen molar-refractivity contribution in [1.29, 1.82) is 5.26 Å². The molecule has 2 nitrogen and oxygen atoms in total. The van der Waals surface area contributed by atoms with E-state index in [9.17, 15) is 0 Å². The first-order valence-corrected chi connectivity index (χ1v) is 5.08. The monoisotopic (exact) mass is 229 g/mol. The van der Waals surface area contributed by atoms with Crippen LogP contribution in [0.25, 0.3) is 11.6 Å². The van der Waals surface area contributed by atoms with Crippen LogP contribution in [0.15, 0.2) is 47.1 Å². The highest BCUT2D eigenvalue weighted by molar-refractivity contribution is 6.30. The third-order valence-corrected chi connectivity index (χ3v) is 2.32. The Kier molecular flexibility index (Phi) is 3.09. The molecule has 78 valence electrons. The zero-order valence-corrected chi connectivity index (χ0v) is 9.11. The maximum Gasteiger partial charge on any atom is 0.127 e. The number of furan rings is 1. The van der Waals surface area contributed by atoms with Crippen molar-refractivity contribution in [2.75, 3.05) is 0 Å². The SMILES string of the molecule is N#C/C(=C\c1ccco1)c1cccc(Cl)c1. The summed E-state index contributed by atoms with van der Waals surface area (Å²) >= 11 is 5.87. The summed E-state index contributed by atoms with van der Waals surface area (Å²) in [6, 6.07) is 12.9. The molecule has 16 heavy (non-hydrogen) atoms. The molecule has 2 rings (SSSR count). The van der Waals surface area contributed by atoms with Crippen LogP contribution >= 0.6 is 11.6 Å². The number of hydrogen-bond donors (Lipinski definition) is 0. The standard InChI is InChI=1S/C13H8ClNO/c14-12-4-1-3-10(7-12)11(9-15)8-13-5-2-6-16-13/h1-8H/b11-8+. The molecule has 1 heterocycles. The number of nitrogens with zero attached hydrogens (tertiary/aromatic N) is 1. The summed E-state index contributed by atoms with van der Waals surface area (Å²) in [5.41, 5.74) is 1.31. The van der Waals surface area contributed by atoms with Gasteiger partial charge in [-0.3, -0.25) is 0 Å². The fourth-order valence-electron chi connectivity index (χ4n) is 1.35. The summed E-state index contributed by atoms with van der Waals surface area (Å²) in [5, 5.41) is 9.68. The Morgan fingerprint density at radius 2 is 2.19 bits per heavy atom. The molecule has 0 saturated heterocycles. The molecule has 0 N–H and O–H groups in total. The minimum absolute atomic E-state index is 0.525. The van der Waals surface area contributed by atoms with Crippen LogP contribution in [-0.4, -0.2) is 0 Å². The van der Waals surface area contributed by atoms with E-state index >= 15 is 0 Å². The van der Waals surface area contributed by atoms with Crippen molar-refractivity contribution in [1.82, 2.24) is 0 Å². The summed E-state index contributed by atoms with van der Waals surface area (Å²) in [7, 11) is 0. The fourth-order valence-corrected chi connectivity index (χ4v) is 1.54. The summed E-state index contributed by atoms with van der Waals surface area (Å²) in [6.45, 7) is 0. The maximum atomic E-state index is 9.07. The Balaban J connectivity index is 2.41. The van der Waals surface area contributed by atoms with Crippen LogP contribution in [0.1, 0.15) is 11.3 Å². The average Bonchev–Trinajstić information content (AvgIpc) is 2.78. The summed E-state index contributed by atoms with van der Waals surface area (Å²) < 4.78 is 5.16. The third kappa shape index (κ3) is 2.33. The van der Waals surface area contributed by atoms with Crippen molar-refractivity contribution in [3.05, 3.63) is 59.0 Å². The van der Waals surface area contributed by atoms with Crippen molar-refractivity contribution in [3.63, 3.8) is 0 Å². The van der Waals surface area contributed by atoms with Gasteiger partial charge in [-0.1, -0.05) is 23.7 Å². The summed E-state index contributed by atoms with van der Waals surface area (Å²) in [4.78, 5) is 0. The molecule has 0 saturated carbocycles. The minimum atomic E-state index is 0.525. The predicted octanol–water partition coefficient (Wildman–Crippen LogP) is 4.00. The van der Waals surface area contributed by atoms with Gasteiger partial charge < -0.3 is 4.42 Å². The minimum Gasteiger partial charge on any atom is -0.465 e. The van der Waals surface area contributed by atoms with Crippen LogP contribution < -0.4 is 0 Å². The largest absolute Gasteiger partial charge is 0.465 e. The zero-order chi connectivity index (χ0) is 11.4. The number of hydrogen-bond acceptors (Lipinski definition) is 2. The van der Waals surface area contributed by atoms with Gasteiger partial charge in [0.2, 0.25) is 0 Å². The van der Waals surface area contributed by atoms with Gasteiger partial charge in [-0.25, -0.2) is 0 Å². The second-order valence-electron chi connectivity index (χ2n) is 3.20. The third-order valence-electron chi connectivity index (χ3n) is 2.09. The van der Waals surface area contributed by atoms with Gasteiger partial charge >= 0.3 is 0 Å². The summed E-state index contributed by atoms with van der Waals surface area (Å²) in [5.74, 6) is 0.650. The molecule has 1 aromatic carbocycles. The Hall–Kier alpha value is -1.98. The van der Waals surface area contributed by atoms with Gasteiger partial charge in [-0.05, 0) is 35.9 Å². The smallest absolute Gasteiger partial charge is 0.127 e. The first kappa shape index (κ1) is 10.5. The Bertz CT molecular complexity index is 550. The molecule has 0 amide bonds. The Labute approximate surface area is 98.4 Å². The quantitative estimate of drug-likeness (QED) is 0.730. The summed E-state index contributed by atoms with van der Waals surface area (Å²) in [6.07, 6.45) is 3.25. The van der Waals surface area contributed by atoms with Crippen LogP contribution in [0, 0.1) is 11.3 Å². The number of nitriles is 1. The molecule has 0 aliphatic heterocycles. The molecular weight excluding hydrogens is 222 g/mol. The first-order chi connectivity index (χ1) is 7.79. The molecule has 0 bridgehead atoms. The Morgan fingerprint density at radius 1 is 1.31 bits per heavy atom. The molecule has 0 spiro atoms. The highest BCUT2D eigenvalue weighted by Gasteiger charge is 2.02. The van der Waals surface area contributed by atoms with E-state index in [0.29, 0.717) is 16.4 Å². The molecule has 0 unspecified atom stereocenters.